The normalized spacial score (nSPS) is 10.9. The zero-order valence-electron chi connectivity index (χ0n) is 17.5. The number of fused-ring (bicyclic) bond motifs is 2. The van der Waals surface area contributed by atoms with Crippen LogP contribution >= 0.6 is 0 Å². The Labute approximate surface area is 184 Å². The molecule has 5 aromatic rings. The molecule has 0 unspecified atom stereocenters. The third-order valence-electron chi connectivity index (χ3n) is 5.77. The summed E-state index contributed by atoms with van der Waals surface area (Å²) >= 11 is 0. The molecule has 0 amide bonds. The van der Waals surface area contributed by atoms with Crippen LogP contribution in [-0.4, -0.2) is 0 Å². The standard InChI is InChI=1S/C28H24N.ClH/c1-19-17-20(2)27(21(3)18-19)28-23-13-7-9-15-25(23)29(22-11-5-4-6-12-22)26-16-10-8-14-24(26)28;/h4-18H,1-3H3;1H/q+1;/p-1. The fourth-order valence-electron chi connectivity index (χ4n) is 4.73. The molecule has 0 aliphatic heterocycles. The van der Waals surface area contributed by atoms with Crippen LogP contribution in [0.25, 0.3) is 38.6 Å². The lowest BCUT2D eigenvalue weighted by atomic mass is 9.89. The van der Waals surface area contributed by atoms with Crippen molar-refractivity contribution in [2.75, 3.05) is 0 Å². The van der Waals surface area contributed by atoms with E-state index in [0.29, 0.717) is 0 Å². The molecule has 0 fully saturated rings. The third kappa shape index (κ3) is 3.16. The van der Waals surface area contributed by atoms with Crippen LogP contribution in [0.1, 0.15) is 16.7 Å². The molecule has 0 saturated carbocycles. The summed E-state index contributed by atoms with van der Waals surface area (Å²) in [5, 5.41) is 2.57. The molecule has 1 heterocycles. The number of aromatic nitrogens is 1. The average molecular weight is 410 g/mol. The number of para-hydroxylation sites is 3. The molecule has 0 N–H and O–H groups in total. The van der Waals surface area contributed by atoms with E-state index in [1.165, 1.54) is 55.3 Å². The van der Waals surface area contributed by atoms with Crippen molar-refractivity contribution in [2.24, 2.45) is 0 Å². The monoisotopic (exact) mass is 409 g/mol. The number of halogens is 1. The van der Waals surface area contributed by atoms with Gasteiger partial charge in [-0.25, -0.2) is 0 Å². The molecule has 0 spiro atoms. The van der Waals surface area contributed by atoms with Crippen molar-refractivity contribution in [3.05, 3.63) is 108 Å². The Balaban J connectivity index is 0.00000218. The van der Waals surface area contributed by atoms with Gasteiger partial charge in [-0.1, -0.05) is 60.2 Å². The summed E-state index contributed by atoms with van der Waals surface area (Å²) < 4.78 is 2.38. The van der Waals surface area contributed by atoms with Gasteiger partial charge in [-0.2, -0.15) is 4.57 Å². The first-order chi connectivity index (χ1) is 14.1. The first-order valence-corrected chi connectivity index (χ1v) is 10.1. The minimum Gasteiger partial charge on any atom is -1.00 e. The van der Waals surface area contributed by atoms with E-state index in [1.54, 1.807) is 0 Å². The molecule has 2 heteroatoms. The maximum atomic E-state index is 2.38. The highest BCUT2D eigenvalue weighted by atomic mass is 35.5. The lowest BCUT2D eigenvalue weighted by Crippen LogP contribution is -3.00. The minimum atomic E-state index is 0. The molecule has 30 heavy (non-hydrogen) atoms. The number of hydrogen-bond donors (Lipinski definition) is 0. The van der Waals surface area contributed by atoms with E-state index in [1.807, 2.05) is 0 Å². The van der Waals surface area contributed by atoms with Crippen molar-refractivity contribution in [3.8, 4) is 16.8 Å². The van der Waals surface area contributed by atoms with Crippen LogP contribution in [-0.2, 0) is 0 Å². The molecule has 1 aromatic heterocycles. The topological polar surface area (TPSA) is 3.88 Å². The zero-order valence-corrected chi connectivity index (χ0v) is 18.2. The zero-order chi connectivity index (χ0) is 20.0. The van der Waals surface area contributed by atoms with Crippen LogP contribution in [0.5, 0.6) is 0 Å². The minimum absolute atomic E-state index is 0. The van der Waals surface area contributed by atoms with E-state index in [2.05, 4.69) is 116 Å². The number of benzene rings is 4. The van der Waals surface area contributed by atoms with Crippen LogP contribution in [0.15, 0.2) is 91.0 Å². The number of hydrogen-bond acceptors (Lipinski definition) is 0. The van der Waals surface area contributed by atoms with Crippen LogP contribution in [0.4, 0.5) is 0 Å². The molecule has 0 bridgehead atoms. The van der Waals surface area contributed by atoms with E-state index in [0.717, 1.165) is 0 Å². The third-order valence-corrected chi connectivity index (χ3v) is 5.77. The van der Waals surface area contributed by atoms with Gasteiger partial charge in [0.05, 0.1) is 10.8 Å². The van der Waals surface area contributed by atoms with E-state index < -0.39 is 0 Å². The van der Waals surface area contributed by atoms with Crippen molar-refractivity contribution in [1.82, 2.24) is 0 Å². The molecular weight excluding hydrogens is 386 g/mol. The van der Waals surface area contributed by atoms with Gasteiger partial charge in [-0.3, -0.25) is 0 Å². The molecule has 4 aromatic carbocycles. The van der Waals surface area contributed by atoms with E-state index >= 15 is 0 Å². The van der Waals surface area contributed by atoms with Gasteiger partial charge < -0.3 is 12.4 Å². The summed E-state index contributed by atoms with van der Waals surface area (Å²) in [5.74, 6) is 0. The van der Waals surface area contributed by atoms with Crippen molar-refractivity contribution in [3.63, 3.8) is 0 Å². The largest absolute Gasteiger partial charge is 1.00 e. The molecule has 148 valence electrons. The highest BCUT2D eigenvalue weighted by Gasteiger charge is 2.24. The Morgan fingerprint density at radius 2 is 1.00 bits per heavy atom. The van der Waals surface area contributed by atoms with Crippen molar-refractivity contribution in [2.45, 2.75) is 20.8 Å². The SMILES string of the molecule is Cc1cc(C)c(-c2c3ccccc3[n+](-c3ccccc3)c3ccccc23)c(C)c1.[Cl-]. The van der Waals surface area contributed by atoms with Crippen LogP contribution in [0.3, 0.4) is 0 Å². The van der Waals surface area contributed by atoms with Crippen LogP contribution < -0.4 is 17.0 Å². The molecular formula is C28H24ClN. The summed E-state index contributed by atoms with van der Waals surface area (Å²) in [6.45, 7) is 6.64. The number of nitrogens with zero attached hydrogens (tertiary/aromatic N) is 1. The first kappa shape index (κ1) is 20.1. The first-order valence-electron chi connectivity index (χ1n) is 10.1. The quantitative estimate of drug-likeness (QED) is 0.308. The molecule has 0 radical (unpaired) electrons. The number of rotatable bonds is 2. The molecule has 0 saturated heterocycles. The summed E-state index contributed by atoms with van der Waals surface area (Å²) in [6.07, 6.45) is 0. The lowest BCUT2D eigenvalue weighted by Gasteiger charge is -2.16. The summed E-state index contributed by atoms with van der Waals surface area (Å²) in [4.78, 5) is 0. The van der Waals surface area contributed by atoms with Gasteiger partial charge in [0.15, 0.2) is 0 Å². The summed E-state index contributed by atoms with van der Waals surface area (Å²) in [5.41, 5.74) is 10.3. The fraction of sp³-hybridized carbons (Fsp3) is 0.107. The average Bonchev–Trinajstić information content (AvgIpc) is 2.73. The van der Waals surface area contributed by atoms with Crippen molar-refractivity contribution in [1.29, 1.82) is 0 Å². The highest BCUT2D eigenvalue weighted by molar-refractivity contribution is 6.08. The van der Waals surface area contributed by atoms with Gasteiger partial charge >= 0.3 is 0 Å². The van der Waals surface area contributed by atoms with Gasteiger partial charge in [0.1, 0.15) is 0 Å². The fourth-order valence-corrected chi connectivity index (χ4v) is 4.73. The molecule has 1 nitrogen and oxygen atoms in total. The van der Waals surface area contributed by atoms with Gasteiger partial charge in [0.25, 0.3) is 0 Å². The Morgan fingerprint density at radius 3 is 1.53 bits per heavy atom. The summed E-state index contributed by atoms with van der Waals surface area (Å²) in [6, 6.07) is 32.8. The highest BCUT2D eigenvalue weighted by Crippen LogP contribution is 2.38. The van der Waals surface area contributed by atoms with Crippen molar-refractivity contribution >= 4 is 21.8 Å². The number of aryl methyl sites for hydroxylation is 3. The van der Waals surface area contributed by atoms with Gasteiger partial charge in [-0.05, 0) is 49.6 Å². The Hall–Kier alpha value is -3.16. The van der Waals surface area contributed by atoms with E-state index in [4.69, 9.17) is 0 Å². The number of pyridine rings is 1. The predicted octanol–water partition coefficient (Wildman–Crippen LogP) is 3.87. The van der Waals surface area contributed by atoms with Gasteiger partial charge in [-0.15, -0.1) is 0 Å². The molecule has 0 aliphatic carbocycles. The van der Waals surface area contributed by atoms with Crippen LogP contribution in [0, 0.1) is 20.8 Å². The summed E-state index contributed by atoms with van der Waals surface area (Å²) in [7, 11) is 0. The lowest BCUT2D eigenvalue weighted by molar-refractivity contribution is -0.537. The van der Waals surface area contributed by atoms with Gasteiger partial charge in [0, 0.05) is 29.8 Å². The maximum Gasteiger partial charge on any atom is 0.219 e. The predicted molar refractivity (Wildman–Crippen MR) is 123 cm³/mol. The van der Waals surface area contributed by atoms with Gasteiger partial charge in [0.2, 0.25) is 16.7 Å². The molecule has 0 atom stereocenters. The second-order valence-electron chi connectivity index (χ2n) is 7.85. The van der Waals surface area contributed by atoms with E-state index in [-0.39, 0.29) is 12.4 Å². The second kappa shape index (κ2) is 7.93. The Bertz CT molecular complexity index is 1290. The maximum absolute atomic E-state index is 2.38. The molecule has 5 rings (SSSR count). The Morgan fingerprint density at radius 1 is 0.533 bits per heavy atom. The van der Waals surface area contributed by atoms with E-state index in [9.17, 15) is 0 Å². The smallest absolute Gasteiger partial charge is 0.219 e. The van der Waals surface area contributed by atoms with Crippen molar-refractivity contribution < 1.29 is 17.0 Å². The van der Waals surface area contributed by atoms with Crippen LogP contribution in [0.2, 0.25) is 0 Å². The molecule has 0 aliphatic rings. The second-order valence-corrected chi connectivity index (χ2v) is 7.85. The Kier molecular flexibility index (Phi) is 5.32.